The van der Waals surface area contributed by atoms with Gasteiger partial charge in [0.2, 0.25) is 5.91 Å². The van der Waals surface area contributed by atoms with Crippen molar-refractivity contribution in [3.05, 3.63) is 10.6 Å². The predicted octanol–water partition coefficient (Wildman–Crippen LogP) is 3.75. The molecule has 1 aliphatic heterocycles. The molecule has 1 aromatic heterocycles. The van der Waals surface area contributed by atoms with Gasteiger partial charge in [-0.1, -0.05) is 20.8 Å². The van der Waals surface area contributed by atoms with E-state index in [1.54, 1.807) is 11.3 Å². The fourth-order valence-electron chi connectivity index (χ4n) is 5.69. The fraction of sp³-hybridized carbons (Fsp3) is 0.750. The summed E-state index contributed by atoms with van der Waals surface area (Å²) in [4.78, 5) is 30.4. The van der Waals surface area contributed by atoms with E-state index in [-0.39, 0.29) is 41.1 Å². The van der Waals surface area contributed by atoms with Crippen LogP contribution in [0.4, 0.5) is 5.13 Å². The van der Waals surface area contributed by atoms with E-state index in [9.17, 15) is 9.59 Å². The van der Waals surface area contributed by atoms with Gasteiger partial charge in [0.1, 0.15) is 6.10 Å². The topological polar surface area (TPSA) is 68.3 Å². The average Bonchev–Trinajstić information content (AvgIpc) is 3.30. The molecule has 6 unspecified atom stereocenters. The van der Waals surface area contributed by atoms with Gasteiger partial charge in [-0.3, -0.25) is 9.59 Å². The fourth-order valence-corrected chi connectivity index (χ4v) is 6.95. The van der Waals surface area contributed by atoms with E-state index >= 15 is 0 Å². The Bertz CT molecular complexity index is 786. The van der Waals surface area contributed by atoms with Gasteiger partial charge >= 0.3 is 5.97 Å². The molecule has 140 valence electrons. The number of rotatable bonds is 2. The Morgan fingerprint density at radius 2 is 2.04 bits per heavy atom. The highest BCUT2D eigenvalue weighted by atomic mass is 32.1. The van der Waals surface area contributed by atoms with Gasteiger partial charge in [0.15, 0.2) is 5.13 Å². The molecule has 6 atom stereocenters. The third kappa shape index (κ3) is 2.37. The first-order valence-corrected chi connectivity index (χ1v) is 10.7. The summed E-state index contributed by atoms with van der Waals surface area (Å²) in [6, 6.07) is 0. The standard InChI is InChI=1S/C20H26N2O3S/c1-9-12-6-7-20(3)8-13-15(10(2)14(20)16(12)25-18(9)24)21-19(26-13)22-17(23)11-4-5-11/h9-12,14,16H,4-8H2,1-3H3,(H,21,22,23). The Kier molecular flexibility index (Phi) is 3.56. The van der Waals surface area contributed by atoms with E-state index in [0.29, 0.717) is 11.8 Å². The van der Waals surface area contributed by atoms with Gasteiger partial charge in [0.25, 0.3) is 0 Å². The van der Waals surface area contributed by atoms with Crippen molar-refractivity contribution in [1.82, 2.24) is 4.98 Å². The van der Waals surface area contributed by atoms with Crippen LogP contribution in [-0.4, -0.2) is 23.0 Å². The average molecular weight is 375 g/mol. The van der Waals surface area contributed by atoms with E-state index in [2.05, 4.69) is 19.2 Å². The van der Waals surface area contributed by atoms with Gasteiger partial charge in [0, 0.05) is 28.5 Å². The highest BCUT2D eigenvalue weighted by molar-refractivity contribution is 7.15. The first-order chi connectivity index (χ1) is 12.4. The van der Waals surface area contributed by atoms with Crippen LogP contribution in [0, 0.1) is 29.1 Å². The number of hydrogen-bond acceptors (Lipinski definition) is 5. The molecule has 4 aliphatic rings. The summed E-state index contributed by atoms with van der Waals surface area (Å²) in [5, 5.41) is 3.76. The molecule has 3 fully saturated rings. The number of thiazole rings is 1. The molecular weight excluding hydrogens is 348 g/mol. The number of hydrogen-bond donors (Lipinski definition) is 1. The Labute approximate surface area is 157 Å². The van der Waals surface area contributed by atoms with Gasteiger partial charge in [0.05, 0.1) is 11.6 Å². The number of carbonyl (C=O) groups is 2. The van der Waals surface area contributed by atoms with Crippen LogP contribution < -0.4 is 5.32 Å². The molecule has 3 aliphatic carbocycles. The van der Waals surface area contributed by atoms with E-state index in [0.717, 1.165) is 42.9 Å². The Hall–Kier alpha value is -1.43. The monoisotopic (exact) mass is 374 g/mol. The molecule has 26 heavy (non-hydrogen) atoms. The summed E-state index contributed by atoms with van der Waals surface area (Å²) in [5.41, 5.74) is 1.25. The van der Waals surface area contributed by atoms with Crippen LogP contribution in [0.2, 0.25) is 0 Å². The number of aromatic nitrogens is 1. The molecule has 0 spiro atoms. The molecule has 2 saturated carbocycles. The molecule has 1 aromatic rings. The Morgan fingerprint density at radius 3 is 2.77 bits per heavy atom. The van der Waals surface area contributed by atoms with E-state index in [1.807, 2.05) is 6.92 Å². The SMILES string of the molecule is CC1C(=O)OC2C1CCC1(C)Cc3sc(NC(=O)C4CC4)nc3C(C)C21. The zero-order valence-electron chi connectivity index (χ0n) is 15.6. The molecule has 1 saturated heterocycles. The number of fused-ring (bicyclic) bond motifs is 4. The lowest BCUT2D eigenvalue weighted by molar-refractivity contribution is -0.149. The molecule has 0 aromatic carbocycles. The van der Waals surface area contributed by atoms with Gasteiger partial charge < -0.3 is 10.1 Å². The van der Waals surface area contributed by atoms with Crippen LogP contribution in [0.1, 0.15) is 62.9 Å². The van der Waals surface area contributed by atoms with Crippen molar-refractivity contribution < 1.29 is 14.3 Å². The molecule has 0 bridgehead atoms. The third-order valence-corrected chi connectivity index (χ3v) is 8.32. The molecular formula is C20H26N2O3S. The van der Waals surface area contributed by atoms with Gasteiger partial charge in [-0.15, -0.1) is 11.3 Å². The summed E-state index contributed by atoms with van der Waals surface area (Å²) in [5.74, 6) is 1.20. The first kappa shape index (κ1) is 16.7. The van der Waals surface area contributed by atoms with Gasteiger partial charge in [-0.05, 0) is 37.5 Å². The van der Waals surface area contributed by atoms with Crippen molar-refractivity contribution in [3.8, 4) is 0 Å². The summed E-state index contributed by atoms with van der Waals surface area (Å²) < 4.78 is 5.88. The number of amides is 1. The maximum Gasteiger partial charge on any atom is 0.309 e. The van der Waals surface area contributed by atoms with Crippen molar-refractivity contribution in [2.45, 2.75) is 64.9 Å². The zero-order valence-corrected chi connectivity index (χ0v) is 16.4. The van der Waals surface area contributed by atoms with Gasteiger partial charge in [-0.25, -0.2) is 4.98 Å². The quantitative estimate of drug-likeness (QED) is 0.801. The number of nitrogens with one attached hydrogen (secondary N) is 1. The van der Waals surface area contributed by atoms with Crippen LogP contribution in [0.15, 0.2) is 0 Å². The van der Waals surface area contributed by atoms with Crippen LogP contribution >= 0.6 is 11.3 Å². The second-order valence-electron chi connectivity index (χ2n) is 9.13. The number of esters is 1. The lowest BCUT2D eigenvalue weighted by Crippen LogP contribution is -2.50. The Morgan fingerprint density at radius 1 is 1.27 bits per heavy atom. The maximum atomic E-state index is 12.2. The van der Waals surface area contributed by atoms with Crippen LogP contribution in [0.25, 0.3) is 0 Å². The third-order valence-electron chi connectivity index (χ3n) is 7.34. The second-order valence-corrected chi connectivity index (χ2v) is 10.2. The van der Waals surface area contributed by atoms with Gasteiger partial charge in [-0.2, -0.15) is 0 Å². The Balaban J connectivity index is 1.46. The highest BCUT2D eigenvalue weighted by Crippen LogP contribution is 2.59. The first-order valence-electron chi connectivity index (χ1n) is 9.88. The lowest BCUT2D eigenvalue weighted by Gasteiger charge is -2.51. The van der Waals surface area contributed by atoms with E-state index < -0.39 is 0 Å². The maximum absolute atomic E-state index is 12.2. The minimum atomic E-state index is -0.0297. The molecule has 2 heterocycles. The van der Waals surface area contributed by atoms with Crippen molar-refractivity contribution in [3.63, 3.8) is 0 Å². The highest BCUT2D eigenvalue weighted by Gasteiger charge is 2.58. The van der Waals surface area contributed by atoms with E-state index in [4.69, 9.17) is 9.72 Å². The number of anilines is 1. The van der Waals surface area contributed by atoms with Crippen LogP contribution in [0.3, 0.4) is 0 Å². The van der Waals surface area contributed by atoms with Crippen molar-refractivity contribution in [1.29, 1.82) is 0 Å². The zero-order chi connectivity index (χ0) is 18.2. The number of carbonyl (C=O) groups excluding carboxylic acids is 2. The van der Waals surface area contributed by atoms with Crippen LogP contribution in [-0.2, 0) is 20.7 Å². The van der Waals surface area contributed by atoms with Crippen LogP contribution in [0.5, 0.6) is 0 Å². The summed E-state index contributed by atoms with van der Waals surface area (Å²) in [6.07, 6.45) is 5.19. The van der Waals surface area contributed by atoms with E-state index in [1.165, 1.54) is 4.88 Å². The summed E-state index contributed by atoms with van der Waals surface area (Å²) >= 11 is 1.64. The predicted molar refractivity (Wildman–Crippen MR) is 99.0 cm³/mol. The van der Waals surface area contributed by atoms with Crippen molar-refractivity contribution in [2.24, 2.45) is 29.1 Å². The molecule has 0 radical (unpaired) electrons. The molecule has 6 heteroatoms. The normalized spacial score (nSPS) is 41.0. The minimum absolute atomic E-state index is 0.0157. The molecule has 5 rings (SSSR count). The number of nitrogens with zero attached hydrogens (tertiary/aromatic N) is 1. The molecule has 5 nitrogen and oxygen atoms in total. The number of ether oxygens (including phenoxy) is 1. The van der Waals surface area contributed by atoms with Crippen molar-refractivity contribution >= 4 is 28.3 Å². The minimum Gasteiger partial charge on any atom is -0.461 e. The molecule has 1 N–H and O–H groups in total. The largest absolute Gasteiger partial charge is 0.461 e. The second kappa shape index (κ2) is 5.54. The smallest absolute Gasteiger partial charge is 0.309 e. The summed E-state index contributed by atoms with van der Waals surface area (Å²) in [7, 11) is 0. The van der Waals surface area contributed by atoms with Crippen molar-refractivity contribution in [2.75, 3.05) is 5.32 Å². The lowest BCUT2D eigenvalue weighted by atomic mass is 9.54. The molecule has 1 amide bonds. The summed E-state index contributed by atoms with van der Waals surface area (Å²) in [6.45, 7) is 6.60.